The van der Waals surface area contributed by atoms with Crippen molar-refractivity contribution >= 4 is 0 Å². The number of rotatable bonds is 2. The van der Waals surface area contributed by atoms with Crippen molar-refractivity contribution in [2.75, 3.05) is 0 Å². The van der Waals surface area contributed by atoms with Crippen LogP contribution in [0.15, 0.2) is 24.3 Å². The van der Waals surface area contributed by atoms with Gasteiger partial charge in [0.25, 0.3) is 0 Å². The molecular formula is C15H21FO. The first-order valence-electron chi connectivity index (χ1n) is 6.44. The molecule has 0 aromatic heterocycles. The first-order chi connectivity index (χ1) is 8.00. The second-order valence-corrected chi connectivity index (χ2v) is 5.84. The molecule has 1 aromatic rings. The second-order valence-electron chi connectivity index (χ2n) is 5.84. The average Bonchev–Trinajstić information content (AvgIpc) is 2.28. The molecule has 0 aliphatic heterocycles. The number of aliphatic hydroxyl groups excluding tert-OH is 1. The molecule has 1 aliphatic rings. The highest BCUT2D eigenvalue weighted by molar-refractivity contribution is 5.19. The van der Waals surface area contributed by atoms with Crippen LogP contribution < -0.4 is 0 Å². The molecule has 0 heterocycles. The minimum absolute atomic E-state index is 0.173. The molecule has 0 bridgehead atoms. The van der Waals surface area contributed by atoms with Crippen LogP contribution >= 0.6 is 0 Å². The summed E-state index contributed by atoms with van der Waals surface area (Å²) in [6, 6.07) is 6.25. The van der Waals surface area contributed by atoms with E-state index in [9.17, 15) is 9.50 Å². The highest BCUT2D eigenvalue weighted by Gasteiger charge is 2.37. The molecule has 0 unspecified atom stereocenters. The maximum Gasteiger partial charge on any atom is 0.123 e. The van der Waals surface area contributed by atoms with Crippen molar-refractivity contribution in [1.29, 1.82) is 0 Å². The Labute approximate surface area is 103 Å². The Morgan fingerprint density at radius 3 is 2.47 bits per heavy atom. The van der Waals surface area contributed by atoms with E-state index in [1.54, 1.807) is 12.1 Å². The molecule has 1 nitrogen and oxygen atoms in total. The molecule has 2 atom stereocenters. The Morgan fingerprint density at radius 1 is 1.24 bits per heavy atom. The van der Waals surface area contributed by atoms with E-state index in [1.165, 1.54) is 25.0 Å². The quantitative estimate of drug-likeness (QED) is 0.820. The molecular weight excluding hydrogens is 215 g/mol. The van der Waals surface area contributed by atoms with Crippen LogP contribution in [-0.2, 0) is 0 Å². The van der Waals surface area contributed by atoms with Crippen molar-refractivity contribution in [1.82, 2.24) is 0 Å². The third-order valence-corrected chi connectivity index (χ3v) is 4.18. The molecule has 0 saturated heterocycles. The van der Waals surface area contributed by atoms with Gasteiger partial charge in [-0.15, -0.1) is 0 Å². The zero-order valence-corrected chi connectivity index (χ0v) is 10.6. The van der Waals surface area contributed by atoms with Gasteiger partial charge >= 0.3 is 0 Å². The summed E-state index contributed by atoms with van der Waals surface area (Å²) >= 11 is 0. The number of halogens is 1. The van der Waals surface area contributed by atoms with Gasteiger partial charge in [-0.2, -0.15) is 0 Å². The first kappa shape index (κ1) is 12.6. The van der Waals surface area contributed by atoms with Gasteiger partial charge in [0.1, 0.15) is 5.82 Å². The van der Waals surface area contributed by atoms with E-state index in [2.05, 4.69) is 13.8 Å². The summed E-state index contributed by atoms with van der Waals surface area (Å²) in [5.74, 6) is 0.0329. The fourth-order valence-electron chi connectivity index (χ4n) is 3.00. The van der Waals surface area contributed by atoms with Crippen molar-refractivity contribution in [2.24, 2.45) is 11.3 Å². The Kier molecular flexibility index (Phi) is 3.53. The van der Waals surface area contributed by atoms with Crippen molar-refractivity contribution in [2.45, 2.75) is 45.6 Å². The largest absolute Gasteiger partial charge is 0.388 e. The molecule has 1 aliphatic carbocycles. The molecule has 1 fully saturated rings. The van der Waals surface area contributed by atoms with Crippen LogP contribution in [0.3, 0.4) is 0 Å². The number of hydrogen-bond acceptors (Lipinski definition) is 1. The lowest BCUT2D eigenvalue weighted by molar-refractivity contribution is 0.00383. The van der Waals surface area contributed by atoms with Crippen LogP contribution in [0, 0.1) is 17.2 Å². The Bertz CT molecular complexity index is 369. The predicted octanol–water partition coefficient (Wildman–Crippen LogP) is 4.08. The van der Waals surface area contributed by atoms with Gasteiger partial charge < -0.3 is 5.11 Å². The van der Waals surface area contributed by atoms with E-state index in [0.29, 0.717) is 0 Å². The second kappa shape index (κ2) is 4.77. The topological polar surface area (TPSA) is 20.2 Å². The van der Waals surface area contributed by atoms with E-state index >= 15 is 0 Å². The molecule has 1 N–H and O–H groups in total. The molecule has 2 heteroatoms. The number of hydrogen-bond donors (Lipinski definition) is 1. The van der Waals surface area contributed by atoms with Crippen LogP contribution in [0.4, 0.5) is 4.39 Å². The standard InChI is InChI=1S/C15H21FO/c1-15(2)10-4-3-5-13(15)14(17)11-6-8-12(16)9-7-11/h6-9,13-14,17H,3-5,10H2,1-2H3/t13-,14-/m0/s1. The summed E-state index contributed by atoms with van der Waals surface area (Å²) in [5.41, 5.74) is 1.01. The van der Waals surface area contributed by atoms with E-state index < -0.39 is 6.10 Å². The zero-order valence-electron chi connectivity index (χ0n) is 10.6. The Morgan fingerprint density at radius 2 is 1.88 bits per heavy atom. The van der Waals surface area contributed by atoms with Gasteiger partial charge in [0.15, 0.2) is 0 Å². The zero-order chi connectivity index (χ0) is 12.5. The summed E-state index contributed by atoms with van der Waals surface area (Å²) in [6.45, 7) is 4.45. The molecule has 0 radical (unpaired) electrons. The van der Waals surface area contributed by atoms with Crippen LogP contribution in [0.2, 0.25) is 0 Å². The van der Waals surface area contributed by atoms with Crippen LogP contribution in [0.1, 0.15) is 51.2 Å². The predicted molar refractivity (Wildman–Crippen MR) is 67.1 cm³/mol. The van der Waals surface area contributed by atoms with Crippen molar-refractivity contribution < 1.29 is 9.50 Å². The lowest BCUT2D eigenvalue weighted by Crippen LogP contribution is -2.32. The fraction of sp³-hybridized carbons (Fsp3) is 0.600. The van der Waals surface area contributed by atoms with E-state index in [0.717, 1.165) is 18.4 Å². The van der Waals surface area contributed by atoms with Gasteiger partial charge in [0.05, 0.1) is 6.10 Å². The fourth-order valence-corrected chi connectivity index (χ4v) is 3.00. The SMILES string of the molecule is CC1(C)CCCC[C@H]1[C@@H](O)c1ccc(F)cc1. The van der Waals surface area contributed by atoms with Crippen molar-refractivity contribution in [3.63, 3.8) is 0 Å². The molecule has 2 rings (SSSR count). The van der Waals surface area contributed by atoms with Gasteiger partial charge in [-0.25, -0.2) is 4.39 Å². The maximum atomic E-state index is 12.9. The van der Waals surface area contributed by atoms with E-state index in [1.807, 2.05) is 0 Å². The smallest absolute Gasteiger partial charge is 0.123 e. The Hall–Kier alpha value is -0.890. The highest BCUT2D eigenvalue weighted by Crippen LogP contribution is 2.46. The first-order valence-corrected chi connectivity index (χ1v) is 6.44. The summed E-state index contributed by atoms with van der Waals surface area (Å²) in [5, 5.41) is 10.4. The monoisotopic (exact) mass is 236 g/mol. The summed E-state index contributed by atoms with van der Waals surface area (Å²) in [7, 11) is 0. The Balaban J connectivity index is 2.18. The van der Waals surface area contributed by atoms with Crippen LogP contribution in [0.25, 0.3) is 0 Å². The number of benzene rings is 1. The lowest BCUT2D eigenvalue weighted by atomic mass is 9.65. The number of aliphatic hydroxyl groups is 1. The summed E-state index contributed by atoms with van der Waals surface area (Å²) in [6.07, 6.45) is 4.19. The van der Waals surface area contributed by atoms with E-state index in [-0.39, 0.29) is 17.2 Å². The minimum atomic E-state index is -0.467. The normalized spacial score (nSPS) is 25.5. The molecule has 0 amide bonds. The van der Waals surface area contributed by atoms with Crippen LogP contribution in [-0.4, -0.2) is 5.11 Å². The molecule has 0 spiro atoms. The van der Waals surface area contributed by atoms with Gasteiger partial charge in [-0.05, 0) is 41.9 Å². The molecule has 1 saturated carbocycles. The van der Waals surface area contributed by atoms with Crippen LogP contribution in [0.5, 0.6) is 0 Å². The van der Waals surface area contributed by atoms with Gasteiger partial charge in [0.2, 0.25) is 0 Å². The third kappa shape index (κ3) is 2.68. The third-order valence-electron chi connectivity index (χ3n) is 4.18. The van der Waals surface area contributed by atoms with Gasteiger partial charge in [-0.1, -0.05) is 38.8 Å². The van der Waals surface area contributed by atoms with Gasteiger partial charge in [-0.3, -0.25) is 0 Å². The van der Waals surface area contributed by atoms with E-state index in [4.69, 9.17) is 0 Å². The molecule has 94 valence electrons. The maximum absolute atomic E-state index is 12.9. The van der Waals surface area contributed by atoms with Crippen molar-refractivity contribution in [3.05, 3.63) is 35.6 Å². The van der Waals surface area contributed by atoms with Crippen molar-refractivity contribution in [3.8, 4) is 0 Å². The average molecular weight is 236 g/mol. The highest BCUT2D eigenvalue weighted by atomic mass is 19.1. The lowest BCUT2D eigenvalue weighted by Gasteiger charge is -2.41. The molecule has 17 heavy (non-hydrogen) atoms. The molecule has 1 aromatic carbocycles. The summed E-state index contributed by atoms with van der Waals surface area (Å²) < 4.78 is 12.9. The van der Waals surface area contributed by atoms with Gasteiger partial charge in [0, 0.05) is 0 Å². The summed E-state index contributed by atoms with van der Waals surface area (Å²) in [4.78, 5) is 0. The minimum Gasteiger partial charge on any atom is -0.388 e.